The maximum atomic E-state index is 12.8. The highest BCUT2D eigenvalue weighted by molar-refractivity contribution is 6.35. The molecule has 124 valence electrons. The van der Waals surface area contributed by atoms with Gasteiger partial charge in [0.2, 0.25) is 0 Å². The molecule has 0 aliphatic carbocycles. The molecular formula is C20H21NO3. The Hall–Kier alpha value is -2.75. The minimum absolute atomic E-state index is 0.0177. The Bertz CT molecular complexity index is 795. The summed E-state index contributed by atoms with van der Waals surface area (Å²) < 4.78 is 5.42. The van der Waals surface area contributed by atoms with Crippen molar-refractivity contribution in [1.82, 2.24) is 0 Å². The molecule has 24 heavy (non-hydrogen) atoms. The summed E-state index contributed by atoms with van der Waals surface area (Å²) in [4.78, 5) is 14.6. The van der Waals surface area contributed by atoms with Crippen LogP contribution in [0.3, 0.4) is 0 Å². The second-order valence-corrected chi connectivity index (χ2v) is 5.69. The number of carbonyl (C=O) groups is 1. The summed E-state index contributed by atoms with van der Waals surface area (Å²) in [6.45, 7) is 5.10. The van der Waals surface area contributed by atoms with Crippen LogP contribution >= 0.6 is 0 Å². The molecule has 0 saturated heterocycles. The summed E-state index contributed by atoms with van der Waals surface area (Å²) >= 11 is 0. The fourth-order valence-electron chi connectivity index (χ4n) is 2.95. The summed E-state index contributed by atoms with van der Waals surface area (Å²) in [5.41, 5.74) is 3.40. The van der Waals surface area contributed by atoms with E-state index in [0.717, 1.165) is 23.2 Å². The van der Waals surface area contributed by atoms with Crippen LogP contribution < -0.4 is 9.64 Å². The molecule has 4 nitrogen and oxygen atoms in total. The monoisotopic (exact) mass is 323 g/mol. The number of benzene rings is 2. The molecule has 0 unspecified atom stereocenters. The van der Waals surface area contributed by atoms with Crippen molar-refractivity contribution in [2.24, 2.45) is 0 Å². The maximum absolute atomic E-state index is 12.8. The van der Waals surface area contributed by atoms with Crippen molar-refractivity contribution in [1.29, 1.82) is 0 Å². The molecule has 1 aliphatic heterocycles. The number of fused-ring (bicyclic) bond motifs is 1. The van der Waals surface area contributed by atoms with Gasteiger partial charge in [0.05, 0.1) is 12.3 Å². The molecule has 0 radical (unpaired) electrons. The highest BCUT2D eigenvalue weighted by Gasteiger charge is 2.31. The van der Waals surface area contributed by atoms with Gasteiger partial charge in [0.25, 0.3) is 5.91 Å². The number of aromatic hydroxyl groups is 1. The molecule has 2 aromatic rings. The Morgan fingerprint density at radius 1 is 1.17 bits per heavy atom. The van der Waals surface area contributed by atoms with E-state index >= 15 is 0 Å². The second kappa shape index (κ2) is 6.79. The first-order chi connectivity index (χ1) is 11.7. The van der Waals surface area contributed by atoms with E-state index in [1.54, 1.807) is 18.2 Å². The molecule has 0 fully saturated rings. The molecule has 0 spiro atoms. The lowest BCUT2D eigenvalue weighted by molar-refractivity contribution is -0.113. The zero-order valence-corrected chi connectivity index (χ0v) is 14.0. The quantitative estimate of drug-likeness (QED) is 0.843. The van der Waals surface area contributed by atoms with Crippen LogP contribution in [0.5, 0.6) is 11.5 Å². The predicted molar refractivity (Wildman–Crippen MR) is 96.2 cm³/mol. The van der Waals surface area contributed by atoms with Gasteiger partial charge in [0, 0.05) is 17.7 Å². The van der Waals surface area contributed by atoms with Crippen molar-refractivity contribution >= 4 is 23.2 Å². The number of amides is 1. The second-order valence-electron chi connectivity index (χ2n) is 5.69. The standard InChI is InChI=1S/C20H21NO3/c1-3-11-21-17-8-6-5-7-15(17)16(20(21)23)12-14-9-10-18(22)19(13-14)24-4-2/h5-10,12-13,22H,3-4,11H2,1-2H3/b16-12-. The molecule has 0 bridgehead atoms. The Labute approximate surface area is 142 Å². The van der Waals surface area contributed by atoms with Gasteiger partial charge in [-0.3, -0.25) is 4.79 Å². The third kappa shape index (κ3) is 2.87. The third-order valence-corrected chi connectivity index (χ3v) is 4.00. The molecule has 3 rings (SSSR count). The van der Waals surface area contributed by atoms with Gasteiger partial charge in [0.1, 0.15) is 0 Å². The number of nitrogens with zero attached hydrogens (tertiary/aromatic N) is 1. The van der Waals surface area contributed by atoms with Crippen molar-refractivity contribution in [2.45, 2.75) is 20.3 Å². The van der Waals surface area contributed by atoms with Crippen LogP contribution in [0.4, 0.5) is 5.69 Å². The molecule has 1 amide bonds. The first kappa shape index (κ1) is 16.1. The van der Waals surface area contributed by atoms with E-state index in [2.05, 4.69) is 6.92 Å². The molecule has 4 heteroatoms. The van der Waals surface area contributed by atoms with Crippen molar-refractivity contribution < 1.29 is 14.6 Å². The van der Waals surface area contributed by atoms with Gasteiger partial charge in [0.15, 0.2) is 11.5 Å². The van der Waals surface area contributed by atoms with Crippen LogP contribution in [-0.4, -0.2) is 24.2 Å². The van der Waals surface area contributed by atoms with Gasteiger partial charge in [-0.15, -0.1) is 0 Å². The van der Waals surface area contributed by atoms with Crippen molar-refractivity contribution in [3.8, 4) is 11.5 Å². The van der Waals surface area contributed by atoms with Crippen LogP contribution in [0.2, 0.25) is 0 Å². The topological polar surface area (TPSA) is 49.8 Å². The number of phenolic OH excluding ortho intramolecular Hbond substituents is 1. The first-order valence-electron chi connectivity index (χ1n) is 8.24. The maximum Gasteiger partial charge on any atom is 0.258 e. The fourth-order valence-corrected chi connectivity index (χ4v) is 2.95. The smallest absolute Gasteiger partial charge is 0.258 e. The lowest BCUT2D eigenvalue weighted by Crippen LogP contribution is -2.26. The van der Waals surface area contributed by atoms with Gasteiger partial charge in [-0.2, -0.15) is 0 Å². The first-order valence-corrected chi connectivity index (χ1v) is 8.24. The number of hydrogen-bond acceptors (Lipinski definition) is 3. The number of carbonyl (C=O) groups excluding carboxylic acids is 1. The van der Waals surface area contributed by atoms with Gasteiger partial charge in [-0.25, -0.2) is 0 Å². The van der Waals surface area contributed by atoms with Gasteiger partial charge in [-0.1, -0.05) is 31.2 Å². The van der Waals surface area contributed by atoms with E-state index in [1.807, 2.05) is 42.2 Å². The molecule has 2 aromatic carbocycles. The van der Waals surface area contributed by atoms with Gasteiger partial charge in [-0.05, 0) is 43.2 Å². The number of rotatable bonds is 5. The van der Waals surface area contributed by atoms with Crippen LogP contribution in [0, 0.1) is 0 Å². The number of ether oxygens (including phenoxy) is 1. The van der Waals surface area contributed by atoms with E-state index in [4.69, 9.17) is 4.74 Å². The van der Waals surface area contributed by atoms with Crippen molar-refractivity contribution in [3.05, 3.63) is 53.6 Å². The number of hydrogen-bond donors (Lipinski definition) is 1. The van der Waals surface area contributed by atoms with E-state index in [0.29, 0.717) is 24.5 Å². The van der Waals surface area contributed by atoms with Crippen molar-refractivity contribution in [2.75, 3.05) is 18.1 Å². The fraction of sp³-hybridized carbons (Fsp3) is 0.250. The summed E-state index contributed by atoms with van der Waals surface area (Å²) in [6, 6.07) is 13.0. The van der Waals surface area contributed by atoms with Gasteiger partial charge >= 0.3 is 0 Å². The zero-order valence-electron chi connectivity index (χ0n) is 14.0. The Morgan fingerprint density at radius 2 is 1.96 bits per heavy atom. The van der Waals surface area contributed by atoms with Crippen LogP contribution in [-0.2, 0) is 4.79 Å². The van der Waals surface area contributed by atoms with E-state index in [9.17, 15) is 9.90 Å². The number of phenols is 1. The lowest BCUT2D eigenvalue weighted by atomic mass is 10.0. The van der Waals surface area contributed by atoms with E-state index < -0.39 is 0 Å². The molecule has 1 N–H and O–H groups in total. The third-order valence-electron chi connectivity index (χ3n) is 4.00. The Morgan fingerprint density at radius 3 is 2.71 bits per heavy atom. The summed E-state index contributed by atoms with van der Waals surface area (Å²) in [5, 5.41) is 9.83. The zero-order chi connectivity index (χ0) is 17.1. The summed E-state index contributed by atoms with van der Waals surface area (Å²) in [7, 11) is 0. The SMILES string of the molecule is CCCN1C(=O)/C(=C\c2ccc(O)c(OCC)c2)c2ccccc21. The highest BCUT2D eigenvalue weighted by atomic mass is 16.5. The average molecular weight is 323 g/mol. The number of anilines is 1. The summed E-state index contributed by atoms with van der Waals surface area (Å²) in [5.74, 6) is 0.546. The van der Waals surface area contributed by atoms with Crippen LogP contribution in [0.15, 0.2) is 42.5 Å². The van der Waals surface area contributed by atoms with E-state index in [-0.39, 0.29) is 11.7 Å². The normalized spacial score (nSPS) is 15.0. The lowest BCUT2D eigenvalue weighted by Gasteiger charge is -2.15. The largest absolute Gasteiger partial charge is 0.504 e. The average Bonchev–Trinajstić information content (AvgIpc) is 2.84. The Kier molecular flexibility index (Phi) is 4.56. The van der Waals surface area contributed by atoms with Crippen LogP contribution in [0.25, 0.3) is 11.6 Å². The molecule has 0 atom stereocenters. The van der Waals surface area contributed by atoms with Crippen molar-refractivity contribution in [3.63, 3.8) is 0 Å². The van der Waals surface area contributed by atoms with Gasteiger partial charge < -0.3 is 14.7 Å². The predicted octanol–water partition coefficient (Wildman–Crippen LogP) is 4.09. The molecule has 0 saturated carbocycles. The highest BCUT2D eigenvalue weighted by Crippen LogP contribution is 2.38. The summed E-state index contributed by atoms with van der Waals surface area (Å²) in [6.07, 6.45) is 2.76. The molecule has 1 heterocycles. The number of para-hydroxylation sites is 1. The minimum atomic E-state index is 0.0177. The molecule has 1 aliphatic rings. The van der Waals surface area contributed by atoms with E-state index in [1.165, 1.54) is 0 Å². The van der Waals surface area contributed by atoms with Crippen LogP contribution in [0.1, 0.15) is 31.4 Å². The Balaban J connectivity index is 2.04. The molecular weight excluding hydrogens is 302 g/mol. The minimum Gasteiger partial charge on any atom is -0.504 e. The molecule has 0 aromatic heterocycles.